The first-order valence-electron chi connectivity index (χ1n) is 7.88. The fraction of sp³-hybridized carbons (Fsp3) is 0.333. The van der Waals surface area contributed by atoms with E-state index in [2.05, 4.69) is 26.7 Å². The normalized spacial score (nSPS) is 22.0. The third-order valence-corrected chi connectivity index (χ3v) is 4.57. The fourth-order valence-corrected chi connectivity index (χ4v) is 3.51. The van der Waals surface area contributed by atoms with Gasteiger partial charge in [0.05, 0.1) is 11.6 Å². The van der Waals surface area contributed by atoms with Crippen LogP contribution in [0.2, 0.25) is 0 Å². The molecule has 1 aromatic carbocycles. The van der Waals surface area contributed by atoms with E-state index in [1.165, 1.54) is 0 Å². The highest BCUT2D eigenvalue weighted by Gasteiger charge is 2.24. The van der Waals surface area contributed by atoms with E-state index in [1.54, 1.807) is 0 Å². The molecule has 0 unspecified atom stereocenters. The van der Waals surface area contributed by atoms with Crippen LogP contribution in [0.4, 0.5) is 0 Å². The van der Waals surface area contributed by atoms with Gasteiger partial charge in [0.1, 0.15) is 5.82 Å². The molecule has 1 saturated carbocycles. The fourth-order valence-electron chi connectivity index (χ4n) is 3.51. The third kappa shape index (κ3) is 2.29. The highest BCUT2D eigenvalue weighted by Crippen LogP contribution is 2.34. The van der Waals surface area contributed by atoms with Crippen LogP contribution in [0.3, 0.4) is 0 Å². The number of rotatable bonds is 2. The van der Waals surface area contributed by atoms with E-state index in [4.69, 9.17) is 0 Å². The van der Waals surface area contributed by atoms with Crippen molar-refractivity contribution in [2.24, 2.45) is 0 Å². The van der Waals surface area contributed by atoms with Crippen molar-refractivity contribution in [1.82, 2.24) is 14.5 Å². The Morgan fingerprint density at radius 2 is 2.00 bits per heavy atom. The zero-order valence-corrected chi connectivity index (χ0v) is 12.4. The Labute approximate surface area is 129 Å². The Bertz CT molecular complexity index is 790. The summed E-state index contributed by atoms with van der Waals surface area (Å²) in [7, 11) is 0. The number of nitrogens with zero attached hydrogens (tertiary/aromatic N) is 3. The summed E-state index contributed by atoms with van der Waals surface area (Å²) in [6.07, 6.45) is 9.41. The van der Waals surface area contributed by atoms with Crippen molar-refractivity contribution < 1.29 is 5.11 Å². The van der Waals surface area contributed by atoms with E-state index in [0.29, 0.717) is 6.04 Å². The molecule has 0 saturated heterocycles. The molecule has 22 heavy (non-hydrogen) atoms. The first kappa shape index (κ1) is 13.5. The lowest BCUT2D eigenvalue weighted by Crippen LogP contribution is -2.22. The molecule has 1 fully saturated rings. The molecule has 1 aliphatic rings. The molecule has 1 aliphatic carbocycles. The van der Waals surface area contributed by atoms with Crippen molar-refractivity contribution in [3.8, 4) is 11.4 Å². The average Bonchev–Trinajstić information content (AvgIpc) is 3.04. The number of hydrogen-bond donors (Lipinski definition) is 1. The Morgan fingerprint density at radius 1 is 1.05 bits per heavy atom. The highest BCUT2D eigenvalue weighted by molar-refractivity contribution is 5.92. The molecule has 0 spiro atoms. The van der Waals surface area contributed by atoms with E-state index in [9.17, 15) is 5.11 Å². The molecule has 4 heteroatoms. The average molecular weight is 293 g/mol. The summed E-state index contributed by atoms with van der Waals surface area (Å²) in [5.74, 6) is 0.970. The number of benzene rings is 1. The lowest BCUT2D eigenvalue weighted by Gasteiger charge is -2.28. The number of fused-ring (bicyclic) bond motifs is 1. The molecule has 4 rings (SSSR count). The number of aliphatic hydroxyl groups is 1. The Kier molecular flexibility index (Phi) is 3.39. The molecule has 3 aromatic rings. The van der Waals surface area contributed by atoms with Gasteiger partial charge in [-0.05, 0) is 37.8 Å². The molecule has 0 aliphatic heterocycles. The summed E-state index contributed by atoms with van der Waals surface area (Å²) in [6.45, 7) is 0. The van der Waals surface area contributed by atoms with Gasteiger partial charge in [0.25, 0.3) is 0 Å². The Morgan fingerprint density at radius 3 is 2.91 bits per heavy atom. The number of imidazole rings is 1. The Hall–Kier alpha value is -2.20. The maximum Gasteiger partial charge on any atom is 0.140 e. The molecule has 0 radical (unpaired) electrons. The van der Waals surface area contributed by atoms with Crippen LogP contribution in [-0.2, 0) is 0 Å². The van der Waals surface area contributed by atoms with Gasteiger partial charge in [-0.1, -0.05) is 18.2 Å². The van der Waals surface area contributed by atoms with Crippen LogP contribution >= 0.6 is 0 Å². The van der Waals surface area contributed by atoms with Crippen molar-refractivity contribution in [2.45, 2.75) is 37.8 Å². The van der Waals surface area contributed by atoms with Crippen LogP contribution in [0.5, 0.6) is 0 Å². The third-order valence-electron chi connectivity index (χ3n) is 4.57. The molecule has 2 aromatic heterocycles. The van der Waals surface area contributed by atoms with Crippen LogP contribution in [0, 0.1) is 0 Å². The van der Waals surface area contributed by atoms with Gasteiger partial charge < -0.3 is 9.67 Å². The Balaban J connectivity index is 1.81. The largest absolute Gasteiger partial charge is 0.393 e. The summed E-state index contributed by atoms with van der Waals surface area (Å²) in [5, 5.41) is 11.1. The van der Waals surface area contributed by atoms with Crippen LogP contribution < -0.4 is 0 Å². The van der Waals surface area contributed by atoms with Gasteiger partial charge in [-0.3, -0.25) is 4.98 Å². The van der Waals surface area contributed by atoms with E-state index in [-0.39, 0.29) is 6.10 Å². The zero-order chi connectivity index (χ0) is 14.9. The minimum atomic E-state index is -0.191. The summed E-state index contributed by atoms with van der Waals surface area (Å²) in [6, 6.07) is 10.5. The van der Waals surface area contributed by atoms with Crippen molar-refractivity contribution in [3.05, 3.63) is 48.9 Å². The number of pyridine rings is 1. The second kappa shape index (κ2) is 5.54. The predicted octanol–water partition coefficient (Wildman–Crippen LogP) is 3.57. The first-order valence-corrected chi connectivity index (χ1v) is 7.88. The second-order valence-electron chi connectivity index (χ2n) is 6.01. The highest BCUT2D eigenvalue weighted by atomic mass is 16.3. The maximum atomic E-state index is 9.97. The molecule has 112 valence electrons. The number of hydrogen-bond acceptors (Lipinski definition) is 3. The first-order chi connectivity index (χ1) is 10.8. The summed E-state index contributed by atoms with van der Waals surface area (Å²) in [5.41, 5.74) is 2.09. The van der Waals surface area contributed by atoms with Crippen molar-refractivity contribution in [2.75, 3.05) is 0 Å². The van der Waals surface area contributed by atoms with E-state index >= 15 is 0 Å². The van der Waals surface area contributed by atoms with Gasteiger partial charge >= 0.3 is 0 Å². The zero-order valence-electron chi connectivity index (χ0n) is 12.4. The van der Waals surface area contributed by atoms with Crippen LogP contribution in [0.25, 0.3) is 22.3 Å². The molecule has 0 bridgehead atoms. The second-order valence-corrected chi connectivity index (χ2v) is 6.01. The number of aliphatic hydroxyl groups excluding tert-OH is 1. The molecule has 2 heterocycles. The molecule has 4 nitrogen and oxygen atoms in total. The summed E-state index contributed by atoms with van der Waals surface area (Å²) >= 11 is 0. The van der Waals surface area contributed by atoms with Crippen LogP contribution in [-0.4, -0.2) is 25.7 Å². The van der Waals surface area contributed by atoms with Crippen LogP contribution in [0.1, 0.15) is 31.7 Å². The van der Waals surface area contributed by atoms with Crippen molar-refractivity contribution in [1.29, 1.82) is 0 Å². The topological polar surface area (TPSA) is 50.9 Å². The smallest absolute Gasteiger partial charge is 0.140 e. The molecule has 1 N–H and O–H groups in total. The van der Waals surface area contributed by atoms with E-state index in [1.807, 2.05) is 36.8 Å². The lowest BCUT2D eigenvalue weighted by molar-refractivity contribution is 0.104. The quantitative estimate of drug-likeness (QED) is 0.785. The minimum Gasteiger partial charge on any atom is -0.393 e. The minimum absolute atomic E-state index is 0.191. The van der Waals surface area contributed by atoms with E-state index < -0.39 is 0 Å². The van der Waals surface area contributed by atoms with Gasteiger partial charge in [0.2, 0.25) is 0 Å². The monoisotopic (exact) mass is 293 g/mol. The molecule has 2 atom stereocenters. The lowest BCUT2D eigenvalue weighted by atomic mass is 9.92. The van der Waals surface area contributed by atoms with Crippen molar-refractivity contribution >= 4 is 10.9 Å². The van der Waals surface area contributed by atoms with Crippen molar-refractivity contribution in [3.63, 3.8) is 0 Å². The van der Waals surface area contributed by atoms with Gasteiger partial charge in [-0.2, -0.15) is 0 Å². The standard InChI is InChI=1S/C18H19N3O/c22-14-5-1-4-13(12-14)21-11-10-20-18(21)16-6-2-8-17-15(16)7-3-9-19-17/h2-3,6-11,13-14,22H,1,4-5,12H2/t13-,14+/m1/s1. The van der Waals surface area contributed by atoms with Gasteiger partial charge in [0, 0.05) is 35.6 Å². The molecular weight excluding hydrogens is 274 g/mol. The van der Waals surface area contributed by atoms with Gasteiger partial charge in [-0.15, -0.1) is 0 Å². The SMILES string of the molecule is O[C@H]1CCC[C@@H](n2ccnc2-c2cccc3ncccc23)C1. The number of aromatic nitrogens is 3. The van der Waals surface area contributed by atoms with E-state index in [0.717, 1.165) is 48.0 Å². The maximum absolute atomic E-state index is 9.97. The summed E-state index contributed by atoms with van der Waals surface area (Å²) in [4.78, 5) is 9.02. The van der Waals surface area contributed by atoms with Crippen LogP contribution in [0.15, 0.2) is 48.9 Å². The molecular formula is C18H19N3O. The molecule has 0 amide bonds. The van der Waals surface area contributed by atoms with Gasteiger partial charge in [-0.25, -0.2) is 4.98 Å². The van der Waals surface area contributed by atoms with Gasteiger partial charge in [0.15, 0.2) is 0 Å². The summed E-state index contributed by atoms with van der Waals surface area (Å²) < 4.78 is 2.23. The predicted molar refractivity (Wildman–Crippen MR) is 86.5 cm³/mol.